The van der Waals surface area contributed by atoms with Gasteiger partial charge in [0.2, 0.25) is 0 Å². The Morgan fingerprint density at radius 2 is 0.925 bits per heavy atom. The highest BCUT2D eigenvalue weighted by molar-refractivity contribution is 5.85. The normalized spacial score (nSPS) is 13.5. The Balaban J connectivity index is 3.79. The van der Waals surface area contributed by atoms with E-state index in [4.69, 9.17) is 28.4 Å². The zero-order valence-corrected chi connectivity index (χ0v) is 26.0. The van der Waals surface area contributed by atoms with E-state index in [0.29, 0.717) is 72.4 Å². The van der Waals surface area contributed by atoms with E-state index >= 15 is 0 Å². The molecule has 40 heavy (non-hydrogen) atoms. The van der Waals surface area contributed by atoms with Crippen LogP contribution >= 0.6 is 0 Å². The molecule has 0 radical (unpaired) electrons. The van der Waals surface area contributed by atoms with Crippen molar-refractivity contribution in [1.29, 1.82) is 0 Å². The molecule has 0 heterocycles. The van der Waals surface area contributed by atoms with Gasteiger partial charge in [-0.1, -0.05) is 5.57 Å². The number of hydrogen-bond acceptors (Lipinski definition) is 11. The van der Waals surface area contributed by atoms with Gasteiger partial charge >= 0.3 is 11.9 Å². The summed E-state index contributed by atoms with van der Waals surface area (Å²) in [6.45, 7) is 22.4. The second kappa shape index (κ2) is 20.9. The summed E-state index contributed by atoms with van der Waals surface area (Å²) in [5.41, 5.74) is -0.256. The Kier molecular flexibility index (Phi) is 19.9. The standard InChI is InChI=1S/C29H54N2O9/c1-22(2)20-24(26(33)39-28(4,5)6)30-10-12-35-14-16-37-18-19-38-17-15-36-13-11-31-25(21-23(3)32)27(34)40-29(7,8)9/h24-25,30-31H,1,10-21H2,2-9H3. The average molecular weight is 575 g/mol. The third-order valence-electron chi connectivity index (χ3n) is 4.82. The predicted octanol–water partition coefficient (Wildman–Crippen LogP) is 2.60. The molecule has 0 rings (SSSR count). The number of ketones is 1. The Hall–Kier alpha value is -1.89. The zero-order chi connectivity index (χ0) is 30.6. The molecule has 11 nitrogen and oxygen atoms in total. The van der Waals surface area contributed by atoms with Gasteiger partial charge in [0, 0.05) is 19.5 Å². The van der Waals surface area contributed by atoms with Crippen molar-refractivity contribution in [2.45, 2.75) is 91.5 Å². The molecule has 0 fully saturated rings. The van der Waals surface area contributed by atoms with Crippen LogP contribution < -0.4 is 10.6 Å². The minimum atomic E-state index is -0.690. The Morgan fingerprint density at radius 3 is 1.23 bits per heavy atom. The monoisotopic (exact) mass is 574 g/mol. The van der Waals surface area contributed by atoms with Gasteiger partial charge in [0.1, 0.15) is 29.1 Å². The lowest BCUT2D eigenvalue weighted by Crippen LogP contribution is -2.43. The van der Waals surface area contributed by atoms with Crippen LogP contribution in [0.5, 0.6) is 0 Å². The van der Waals surface area contributed by atoms with Gasteiger partial charge in [-0.15, -0.1) is 6.58 Å². The van der Waals surface area contributed by atoms with E-state index in [1.165, 1.54) is 6.92 Å². The number of ether oxygens (including phenoxy) is 6. The van der Waals surface area contributed by atoms with Crippen molar-refractivity contribution in [1.82, 2.24) is 10.6 Å². The number of nitrogens with one attached hydrogen (secondary N) is 2. The molecule has 234 valence electrons. The van der Waals surface area contributed by atoms with Crippen LogP contribution in [0.25, 0.3) is 0 Å². The molecule has 0 saturated heterocycles. The van der Waals surface area contributed by atoms with E-state index in [1.807, 2.05) is 27.7 Å². The quantitative estimate of drug-likeness (QED) is 0.106. The topological polar surface area (TPSA) is 131 Å². The maximum atomic E-state index is 12.4. The van der Waals surface area contributed by atoms with E-state index in [0.717, 1.165) is 5.57 Å². The molecule has 0 aromatic heterocycles. The molecule has 0 aliphatic rings. The van der Waals surface area contributed by atoms with E-state index in [-0.39, 0.29) is 18.2 Å². The SMILES string of the molecule is C=C(C)CC(NCCOCCOCCOCCOCCNC(CC(C)=O)C(=O)OC(C)(C)C)C(=O)OC(C)(C)C. The summed E-state index contributed by atoms with van der Waals surface area (Å²) in [6.07, 6.45) is 0.583. The largest absolute Gasteiger partial charge is 0.459 e. The first-order valence-corrected chi connectivity index (χ1v) is 14.0. The second-order valence-electron chi connectivity index (χ2n) is 11.6. The van der Waals surface area contributed by atoms with Crippen molar-refractivity contribution in [3.63, 3.8) is 0 Å². The van der Waals surface area contributed by atoms with Gasteiger partial charge in [0.15, 0.2) is 0 Å². The highest BCUT2D eigenvalue weighted by Crippen LogP contribution is 2.12. The zero-order valence-electron chi connectivity index (χ0n) is 26.0. The molecule has 2 atom stereocenters. The Labute approximate surface area is 241 Å². The molecule has 2 unspecified atom stereocenters. The van der Waals surface area contributed by atoms with Gasteiger partial charge in [-0.2, -0.15) is 0 Å². The number of carbonyl (C=O) groups is 3. The third kappa shape index (κ3) is 24.0. The summed E-state index contributed by atoms with van der Waals surface area (Å²) in [4.78, 5) is 36.1. The smallest absolute Gasteiger partial charge is 0.324 e. The molecular formula is C29H54N2O9. The number of Topliss-reactive ketones (excluding diaryl/α,β-unsaturated/α-hetero) is 1. The maximum absolute atomic E-state index is 12.4. The van der Waals surface area contributed by atoms with Gasteiger partial charge in [-0.25, -0.2) is 0 Å². The van der Waals surface area contributed by atoms with Crippen LogP contribution in [-0.2, 0) is 42.8 Å². The van der Waals surface area contributed by atoms with Crippen molar-refractivity contribution >= 4 is 17.7 Å². The third-order valence-corrected chi connectivity index (χ3v) is 4.82. The van der Waals surface area contributed by atoms with E-state index in [1.54, 1.807) is 20.8 Å². The Bertz CT molecular complexity index is 683. The lowest BCUT2D eigenvalue weighted by atomic mass is 10.1. The summed E-state index contributed by atoms with van der Waals surface area (Å²) < 4.78 is 32.8. The molecule has 0 aromatic carbocycles. The van der Waals surface area contributed by atoms with Crippen LogP contribution in [-0.4, -0.2) is 107 Å². The first-order chi connectivity index (χ1) is 18.6. The number of hydrogen-bond donors (Lipinski definition) is 2. The molecule has 0 spiro atoms. The van der Waals surface area contributed by atoms with Gasteiger partial charge in [-0.05, 0) is 61.8 Å². The van der Waals surface area contributed by atoms with E-state index < -0.39 is 29.3 Å². The van der Waals surface area contributed by atoms with Crippen LogP contribution in [0.3, 0.4) is 0 Å². The first-order valence-electron chi connectivity index (χ1n) is 14.0. The molecule has 0 bridgehead atoms. The van der Waals surface area contributed by atoms with Gasteiger partial charge in [0.25, 0.3) is 0 Å². The fraction of sp³-hybridized carbons (Fsp3) is 0.828. The molecule has 0 aromatic rings. The maximum Gasteiger partial charge on any atom is 0.324 e. The predicted molar refractivity (Wildman–Crippen MR) is 153 cm³/mol. The van der Waals surface area contributed by atoms with Crippen LogP contribution in [0.4, 0.5) is 0 Å². The van der Waals surface area contributed by atoms with Gasteiger partial charge < -0.3 is 39.1 Å². The van der Waals surface area contributed by atoms with Crippen molar-refractivity contribution in [3.8, 4) is 0 Å². The fourth-order valence-electron chi connectivity index (χ4n) is 3.23. The van der Waals surface area contributed by atoms with Crippen molar-refractivity contribution in [3.05, 3.63) is 12.2 Å². The molecule has 2 N–H and O–H groups in total. The number of rotatable bonds is 23. The molecule has 0 aliphatic heterocycles. The fourth-order valence-corrected chi connectivity index (χ4v) is 3.23. The van der Waals surface area contributed by atoms with E-state index in [9.17, 15) is 14.4 Å². The summed E-state index contributed by atoms with van der Waals surface area (Å²) in [5.74, 6) is -0.831. The van der Waals surface area contributed by atoms with Gasteiger partial charge in [0.05, 0.1) is 52.9 Å². The number of esters is 2. The van der Waals surface area contributed by atoms with Gasteiger partial charge in [-0.3, -0.25) is 14.4 Å². The molecule has 0 saturated carbocycles. The molecule has 0 amide bonds. The molecular weight excluding hydrogens is 520 g/mol. The molecule has 11 heteroatoms. The van der Waals surface area contributed by atoms with Crippen LogP contribution in [0, 0.1) is 0 Å². The lowest BCUT2D eigenvalue weighted by Gasteiger charge is -2.24. The summed E-state index contributed by atoms with van der Waals surface area (Å²) >= 11 is 0. The van der Waals surface area contributed by atoms with E-state index in [2.05, 4.69) is 17.2 Å². The molecule has 0 aliphatic carbocycles. The first kappa shape index (κ1) is 38.1. The van der Waals surface area contributed by atoms with Crippen LogP contribution in [0.1, 0.15) is 68.2 Å². The summed E-state index contributed by atoms with van der Waals surface area (Å²) in [7, 11) is 0. The van der Waals surface area contributed by atoms with Crippen molar-refractivity contribution in [2.24, 2.45) is 0 Å². The second-order valence-corrected chi connectivity index (χ2v) is 11.6. The lowest BCUT2D eigenvalue weighted by molar-refractivity contribution is -0.159. The van der Waals surface area contributed by atoms with Crippen molar-refractivity contribution in [2.75, 3.05) is 65.9 Å². The summed E-state index contributed by atoms with van der Waals surface area (Å²) in [6, 6.07) is -1.14. The average Bonchev–Trinajstić information content (AvgIpc) is 2.79. The number of carbonyl (C=O) groups excluding carboxylic acids is 3. The van der Waals surface area contributed by atoms with Crippen molar-refractivity contribution < 1.29 is 42.8 Å². The highest BCUT2D eigenvalue weighted by atomic mass is 16.6. The van der Waals surface area contributed by atoms with Crippen LogP contribution in [0.2, 0.25) is 0 Å². The highest BCUT2D eigenvalue weighted by Gasteiger charge is 2.26. The van der Waals surface area contributed by atoms with Crippen LogP contribution in [0.15, 0.2) is 12.2 Å². The Morgan fingerprint density at radius 1 is 0.600 bits per heavy atom. The summed E-state index contributed by atoms with van der Waals surface area (Å²) in [5, 5.41) is 6.19. The minimum absolute atomic E-state index is 0.0734. The minimum Gasteiger partial charge on any atom is -0.459 e.